The zero-order chi connectivity index (χ0) is 14.2. The molecule has 1 aromatic heterocycles. The number of hydrogen-bond acceptors (Lipinski definition) is 4. The second kappa shape index (κ2) is 5.14. The molecule has 1 aliphatic carbocycles. The van der Waals surface area contributed by atoms with E-state index < -0.39 is 5.54 Å². The maximum Gasteiger partial charge on any atom is 0.246 e. The van der Waals surface area contributed by atoms with Crippen molar-refractivity contribution in [2.75, 3.05) is 0 Å². The molecule has 0 atom stereocenters. The van der Waals surface area contributed by atoms with Crippen LogP contribution < -0.4 is 5.73 Å². The van der Waals surface area contributed by atoms with Gasteiger partial charge in [-0.15, -0.1) is 0 Å². The maximum absolute atomic E-state index is 13.0. The molecule has 1 aromatic carbocycles. The van der Waals surface area contributed by atoms with E-state index in [2.05, 4.69) is 10.1 Å². The lowest BCUT2D eigenvalue weighted by Crippen LogP contribution is -2.33. The summed E-state index contributed by atoms with van der Waals surface area (Å²) < 4.78 is 18.3. The Balaban J connectivity index is 1.80. The Hall–Kier alpha value is -1.46. The molecule has 1 heterocycles. The summed E-state index contributed by atoms with van der Waals surface area (Å²) in [6, 6.07) is 4.27. The van der Waals surface area contributed by atoms with Gasteiger partial charge in [0.25, 0.3) is 0 Å². The molecule has 106 valence electrons. The molecule has 1 aliphatic rings. The first-order valence-electron chi connectivity index (χ1n) is 6.63. The van der Waals surface area contributed by atoms with Gasteiger partial charge in [-0.1, -0.05) is 35.7 Å². The molecule has 0 unspecified atom stereocenters. The minimum absolute atomic E-state index is 0.361. The number of nitrogens with zero attached hydrogens (tertiary/aromatic N) is 2. The summed E-state index contributed by atoms with van der Waals surface area (Å²) in [5, 5.41) is 4.31. The molecule has 0 amide bonds. The summed E-state index contributed by atoms with van der Waals surface area (Å²) >= 11 is 5.99. The van der Waals surface area contributed by atoms with Crippen molar-refractivity contribution in [2.45, 2.75) is 37.6 Å². The van der Waals surface area contributed by atoms with Gasteiger partial charge in [-0.3, -0.25) is 0 Å². The number of rotatable bonds is 3. The van der Waals surface area contributed by atoms with E-state index in [1.54, 1.807) is 6.07 Å². The van der Waals surface area contributed by atoms with Crippen LogP contribution in [-0.2, 0) is 12.0 Å². The predicted molar refractivity (Wildman–Crippen MR) is 72.8 cm³/mol. The van der Waals surface area contributed by atoms with Crippen LogP contribution in [0.1, 0.15) is 43.0 Å². The highest BCUT2D eigenvalue weighted by atomic mass is 35.5. The highest BCUT2D eigenvalue weighted by Crippen LogP contribution is 2.35. The number of nitrogens with two attached hydrogens (primary N) is 1. The molecule has 1 fully saturated rings. The van der Waals surface area contributed by atoms with Gasteiger partial charge in [0.1, 0.15) is 5.82 Å². The maximum atomic E-state index is 13.0. The fraction of sp³-hybridized carbons (Fsp3) is 0.429. The molecular formula is C14H15ClFN3O. The van der Waals surface area contributed by atoms with Crippen molar-refractivity contribution < 1.29 is 8.91 Å². The molecule has 6 heteroatoms. The van der Waals surface area contributed by atoms with Crippen molar-refractivity contribution >= 4 is 11.6 Å². The van der Waals surface area contributed by atoms with Crippen LogP contribution in [0.2, 0.25) is 5.02 Å². The standard InChI is InChI=1S/C14H15ClFN3O/c15-11-8-10(16)4-3-9(11)7-12-18-13(20-19-12)14(17)5-1-2-6-14/h3-4,8H,1-2,5-7,17H2. The third-order valence-electron chi connectivity index (χ3n) is 3.75. The molecule has 1 saturated carbocycles. The van der Waals surface area contributed by atoms with E-state index in [0.717, 1.165) is 31.2 Å². The van der Waals surface area contributed by atoms with Crippen molar-refractivity contribution in [1.29, 1.82) is 0 Å². The van der Waals surface area contributed by atoms with Gasteiger partial charge in [-0.25, -0.2) is 4.39 Å². The second-order valence-corrected chi connectivity index (χ2v) is 5.70. The van der Waals surface area contributed by atoms with E-state index in [-0.39, 0.29) is 5.82 Å². The van der Waals surface area contributed by atoms with Gasteiger partial charge in [0.05, 0.1) is 5.54 Å². The lowest BCUT2D eigenvalue weighted by atomic mass is 9.99. The number of hydrogen-bond donors (Lipinski definition) is 1. The Kier molecular flexibility index (Phi) is 3.48. The highest BCUT2D eigenvalue weighted by Gasteiger charge is 2.36. The van der Waals surface area contributed by atoms with Crippen molar-refractivity contribution in [2.24, 2.45) is 5.73 Å². The Bertz CT molecular complexity index is 623. The van der Waals surface area contributed by atoms with E-state index in [1.165, 1.54) is 12.1 Å². The van der Waals surface area contributed by atoms with Gasteiger partial charge < -0.3 is 10.3 Å². The molecular weight excluding hydrogens is 281 g/mol. The second-order valence-electron chi connectivity index (χ2n) is 5.29. The molecule has 2 N–H and O–H groups in total. The number of halogens is 2. The van der Waals surface area contributed by atoms with Crippen LogP contribution in [0.15, 0.2) is 22.7 Å². The van der Waals surface area contributed by atoms with Crippen LogP contribution in [0.5, 0.6) is 0 Å². The van der Waals surface area contributed by atoms with Gasteiger partial charge in [0.15, 0.2) is 5.82 Å². The molecule has 20 heavy (non-hydrogen) atoms. The van der Waals surface area contributed by atoms with E-state index in [9.17, 15) is 4.39 Å². The number of benzene rings is 1. The molecule has 2 aromatic rings. The molecule has 0 spiro atoms. The van der Waals surface area contributed by atoms with Gasteiger partial charge in [0.2, 0.25) is 5.89 Å². The Morgan fingerprint density at radius 1 is 1.35 bits per heavy atom. The molecule has 0 bridgehead atoms. The highest BCUT2D eigenvalue weighted by molar-refractivity contribution is 6.31. The van der Waals surface area contributed by atoms with Gasteiger partial charge in [0, 0.05) is 11.4 Å². The predicted octanol–water partition coefficient (Wildman–Crippen LogP) is 3.18. The monoisotopic (exact) mass is 295 g/mol. The lowest BCUT2D eigenvalue weighted by molar-refractivity contribution is 0.284. The van der Waals surface area contributed by atoms with Crippen molar-refractivity contribution in [3.63, 3.8) is 0 Å². The third kappa shape index (κ3) is 2.55. The van der Waals surface area contributed by atoms with Gasteiger partial charge in [-0.2, -0.15) is 4.98 Å². The molecule has 0 saturated heterocycles. The summed E-state index contributed by atoms with van der Waals surface area (Å²) in [5.74, 6) is 0.646. The van der Waals surface area contributed by atoms with E-state index >= 15 is 0 Å². The molecule has 0 aliphatic heterocycles. The summed E-state index contributed by atoms with van der Waals surface area (Å²) in [6.45, 7) is 0. The minimum atomic E-state index is -0.488. The smallest absolute Gasteiger partial charge is 0.246 e. The summed E-state index contributed by atoms with van der Waals surface area (Å²) in [7, 11) is 0. The van der Waals surface area contributed by atoms with Crippen LogP contribution in [0.3, 0.4) is 0 Å². The summed E-state index contributed by atoms with van der Waals surface area (Å²) in [6.07, 6.45) is 4.30. The Morgan fingerprint density at radius 2 is 2.10 bits per heavy atom. The fourth-order valence-corrected chi connectivity index (χ4v) is 2.82. The van der Waals surface area contributed by atoms with Crippen LogP contribution >= 0.6 is 11.6 Å². The van der Waals surface area contributed by atoms with Crippen molar-refractivity contribution in [1.82, 2.24) is 10.1 Å². The number of aromatic nitrogens is 2. The van der Waals surface area contributed by atoms with E-state index in [1.807, 2.05) is 0 Å². The zero-order valence-electron chi connectivity index (χ0n) is 10.9. The fourth-order valence-electron chi connectivity index (χ4n) is 2.58. The third-order valence-corrected chi connectivity index (χ3v) is 4.11. The van der Waals surface area contributed by atoms with Crippen molar-refractivity contribution in [3.8, 4) is 0 Å². The van der Waals surface area contributed by atoms with E-state index in [4.69, 9.17) is 21.9 Å². The van der Waals surface area contributed by atoms with Crippen molar-refractivity contribution in [3.05, 3.63) is 46.3 Å². The van der Waals surface area contributed by atoms with Crippen LogP contribution in [0, 0.1) is 5.82 Å². The summed E-state index contributed by atoms with van der Waals surface area (Å²) in [4.78, 5) is 4.37. The van der Waals surface area contributed by atoms with Gasteiger partial charge >= 0.3 is 0 Å². The quantitative estimate of drug-likeness (QED) is 0.944. The van der Waals surface area contributed by atoms with Crippen LogP contribution in [0.25, 0.3) is 0 Å². The summed E-state index contributed by atoms with van der Waals surface area (Å²) in [5.41, 5.74) is 6.54. The zero-order valence-corrected chi connectivity index (χ0v) is 11.7. The average Bonchev–Trinajstić information content (AvgIpc) is 3.03. The van der Waals surface area contributed by atoms with Crippen LogP contribution in [-0.4, -0.2) is 10.1 Å². The Morgan fingerprint density at radius 3 is 2.80 bits per heavy atom. The molecule has 0 radical (unpaired) electrons. The lowest BCUT2D eigenvalue weighted by Gasteiger charge is -2.17. The van der Waals surface area contributed by atoms with Crippen LogP contribution in [0.4, 0.5) is 4.39 Å². The molecule has 4 nitrogen and oxygen atoms in total. The minimum Gasteiger partial charge on any atom is -0.337 e. The molecule has 3 rings (SSSR count). The Labute approximate surface area is 121 Å². The normalized spacial score (nSPS) is 17.6. The van der Waals surface area contributed by atoms with E-state index in [0.29, 0.717) is 23.2 Å². The first-order valence-corrected chi connectivity index (χ1v) is 7.00. The average molecular weight is 296 g/mol. The first-order chi connectivity index (χ1) is 9.57. The first kappa shape index (κ1) is 13.5. The van der Waals surface area contributed by atoms with Gasteiger partial charge in [-0.05, 0) is 30.5 Å². The largest absolute Gasteiger partial charge is 0.337 e. The SMILES string of the molecule is NC1(c2nc(Cc3ccc(F)cc3Cl)no2)CCCC1. The topological polar surface area (TPSA) is 64.9 Å².